The molecule has 3 nitrogen and oxygen atoms in total. The molecule has 1 rings (SSSR count). The second kappa shape index (κ2) is 6.50. The van der Waals surface area contributed by atoms with Crippen molar-refractivity contribution >= 4 is 5.91 Å². The fourth-order valence-corrected chi connectivity index (χ4v) is 1.94. The molecule has 100 valence electrons. The van der Waals surface area contributed by atoms with Crippen LogP contribution in [0.15, 0.2) is 24.3 Å². The molecule has 1 aromatic carbocycles. The molecule has 0 radical (unpaired) electrons. The van der Waals surface area contributed by atoms with E-state index in [4.69, 9.17) is 5.73 Å². The largest absolute Gasteiger partial charge is 0.349 e. The second-order valence-electron chi connectivity index (χ2n) is 4.55. The van der Waals surface area contributed by atoms with E-state index in [1.54, 1.807) is 12.1 Å². The summed E-state index contributed by atoms with van der Waals surface area (Å²) in [5.74, 6) is -0.439. The monoisotopic (exact) mass is 252 g/mol. The molecule has 0 fully saturated rings. The molecule has 4 heteroatoms. The Morgan fingerprint density at radius 2 is 2.06 bits per heavy atom. The van der Waals surface area contributed by atoms with E-state index in [-0.39, 0.29) is 23.7 Å². The highest BCUT2D eigenvalue weighted by Crippen LogP contribution is 2.14. The summed E-state index contributed by atoms with van der Waals surface area (Å²) in [6, 6.07) is 6.09. The summed E-state index contributed by atoms with van der Waals surface area (Å²) in [6.07, 6.45) is 1.75. The van der Waals surface area contributed by atoms with E-state index >= 15 is 0 Å². The quantitative estimate of drug-likeness (QED) is 0.813. The van der Waals surface area contributed by atoms with Crippen molar-refractivity contribution in [2.75, 3.05) is 6.54 Å². The molecule has 0 aliphatic rings. The Balaban J connectivity index is 2.66. The lowest BCUT2D eigenvalue weighted by atomic mass is 9.92. The third-order valence-corrected chi connectivity index (χ3v) is 3.40. The van der Waals surface area contributed by atoms with Crippen molar-refractivity contribution in [2.45, 2.75) is 38.6 Å². The molecule has 0 saturated heterocycles. The summed E-state index contributed by atoms with van der Waals surface area (Å²) in [5.41, 5.74) is 6.05. The molecule has 0 aliphatic heterocycles. The van der Waals surface area contributed by atoms with E-state index in [9.17, 15) is 9.18 Å². The summed E-state index contributed by atoms with van der Waals surface area (Å²) in [7, 11) is 0. The highest BCUT2D eigenvalue weighted by molar-refractivity contribution is 5.79. The normalized spacial score (nSPS) is 11.3. The first-order valence-corrected chi connectivity index (χ1v) is 6.30. The number of hydrogen-bond acceptors (Lipinski definition) is 2. The number of halogens is 1. The van der Waals surface area contributed by atoms with Crippen LogP contribution in [-0.2, 0) is 11.2 Å². The highest BCUT2D eigenvalue weighted by Gasteiger charge is 2.26. The van der Waals surface area contributed by atoms with Crippen LogP contribution < -0.4 is 11.1 Å². The maximum absolute atomic E-state index is 13.0. The van der Waals surface area contributed by atoms with Gasteiger partial charge in [0.2, 0.25) is 5.91 Å². The molecule has 0 heterocycles. The summed E-state index contributed by atoms with van der Waals surface area (Å²) < 4.78 is 13.0. The minimum atomic E-state index is -0.343. The molecular formula is C14H21FN2O. The molecule has 0 saturated carbocycles. The van der Waals surface area contributed by atoms with E-state index < -0.39 is 0 Å². The van der Waals surface area contributed by atoms with Gasteiger partial charge in [-0.2, -0.15) is 0 Å². The number of benzene rings is 1. The van der Waals surface area contributed by atoms with Crippen LogP contribution in [-0.4, -0.2) is 18.0 Å². The Morgan fingerprint density at radius 3 is 2.56 bits per heavy atom. The van der Waals surface area contributed by atoms with Gasteiger partial charge in [0.25, 0.3) is 0 Å². The average molecular weight is 252 g/mol. The Labute approximate surface area is 108 Å². The minimum absolute atomic E-state index is 0.116. The standard InChI is InChI=1S/C14H21FN2O/c1-3-14(4-2,10-16)17-13(18)9-11-6-5-7-12(15)8-11/h5-8H,3-4,9-10,16H2,1-2H3,(H,17,18). The molecule has 0 aromatic heterocycles. The third-order valence-electron chi connectivity index (χ3n) is 3.40. The fraction of sp³-hybridized carbons (Fsp3) is 0.500. The maximum Gasteiger partial charge on any atom is 0.224 e. The van der Waals surface area contributed by atoms with Crippen molar-refractivity contribution in [3.8, 4) is 0 Å². The van der Waals surface area contributed by atoms with Crippen molar-refractivity contribution < 1.29 is 9.18 Å². The molecule has 18 heavy (non-hydrogen) atoms. The van der Waals surface area contributed by atoms with Crippen molar-refractivity contribution in [3.05, 3.63) is 35.6 Å². The van der Waals surface area contributed by atoms with Crippen molar-refractivity contribution in [2.24, 2.45) is 5.73 Å². The average Bonchev–Trinajstić information content (AvgIpc) is 2.36. The first kappa shape index (κ1) is 14.6. The van der Waals surface area contributed by atoms with Crippen LogP contribution in [0.5, 0.6) is 0 Å². The van der Waals surface area contributed by atoms with Gasteiger partial charge in [0.1, 0.15) is 5.82 Å². The number of rotatable bonds is 6. The second-order valence-corrected chi connectivity index (χ2v) is 4.55. The zero-order chi connectivity index (χ0) is 13.6. The molecule has 1 aromatic rings. The third kappa shape index (κ3) is 3.81. The van der Waals surface area contributed by atoms with Gasteiger partial charge >= 0.3 is 0 Å². The van der Waals surface area contributed by atoms with Gasteiger partial charge < -0.3 is 11.1 Å². The molecule has 0 unspecified atom stereocenters. The Morgan fingerprint density at radius 1 is 1.39 bits per heavy atom. The summed E-state index contributed by atoms with van der Waals surface area (Å²) in [4.78, 5) is 11.9. The van der Waals surface area contributed by atoms with Gasteiger partial charge in [-0.25, -0.2) is 4.39 Å². The zero-order valence-electron chi connectivity index (χ0n) is 11.0. The number of nitrogens with two attached hydrogens (primary N) is 1. The first-order valence-electron chi connectivity index (χ1n) is 6.30. The van der Waals surface area contributed by atoms with Crippen molar-refractivity contribution in [1.82, 2.24) is 5.32 Å². The van der Waals surface area contributed by atoms with Crippen LogP contribution in [0.3, 0.4) is 0 Å². The Bertz CT molecular complexity index is 394. The SMILES string of the molecule is CCC(CC)(CN)NC(=O)Cc1cccc(F)c1. The predicted molar refractivity (Wildman–Crippen MR) is 70.6 cm³/mol. The number of carbonyl (C=O) groups is 1. The van der Waals surface area contributed by atoms with E-state index in [0.717, 1.165) is 12.8 Å². The number of hydrogen-bond donors (Lipinski definition) is 2. The maximum atomic E-state index is 13.0. The predicted octanol–water partition coefficient (Wildman–Crippen LogP) is 2.00. The van der Waals surface area contributed by atoms with E-state index in [0.29, 0.717) is 12.1 Å². The van der Waals surface area contributed by atoms with Crippen molar-refractivity contribution in [1.29, 1.82) is 0 Å². The van der Waals surface area contributed by atoms with Gasteiger partial charge in [-0.3, -0.25) is 4.79 Å². The molecule has 3 N–H and O–H groups in total. The summed E-state index contributed by atoms with van der Waals surface area (Å²) >= 11 is 0. The van der Waals surface area contributed by atoms with Crippen LogP contribution in [0.1, 0.15) is 32.3 Å². The van der Waals surface area contributed by atoms with E-state index in [2.05, 4.69) is 5.32 Å². The van der Waals surface area contributed by atoms with Crippen LogP contribution >= 0.6 is 0 Å². The van der Waals surface area contributed by atoms with Crippen LogP contribution in [0.25, 0.3) is 0 Å². The van der Waals surface area contributed by atoms with Gasteiger partial charge in [0.05, 0.1) is 12.0 Å². The van der Waals surface area contributed by atoms with E-state index in [1.165, 1.54) is 12.1 Å². The van der Waals surface area contributed by atoms with Crippen LogP contribution in [0.4, 0.5) is 4.39 Å². The summed E-state index contributed by atoms with van der Waals surface area (Å²) in [5, 5.41) is 2.96. The van der Waals surface area contributed by atoms with Crippen molar-refractivity contribution in [3.63, 3.8) is 0 Å². The van der Waals surface area contributed by atoms with Gasteiger partial charge in [-0.15, -0.1) is 0 Å². The lowest BCUT2D eigenvalue weighted by Gasteiger charge is -2.31. The lowest BCUT2D eigenvalue weighted by Crippen LogP contribution is -2.53. The smallest absolute Gasteiger partial charge is 0.224 e. The minimum Gasteiger partial charge on any atom is -0.349 e. The molecule has 0 atom stereocenters. The highest BCUT2D eigenvalue weighted by atomic mass is 19.1. The number of amides is 1. The van der Waals surface area contributed by atoms with Gasteiger partial charge in [0, 0.05) is 6.54 Å². The van der Waals surface area contributed by atoms with Gasteiger partial charge in [-0.1, -0.05) is 26.0 Å². The van der Waals surface area contributed by atoms with Crippen LogP contribution in [0, 0.1) is 5.82 Å². The number of nitrogens with one attached hydrogen (secondary N) is 1. The van der Waals surface area contributed by atoms with Gasteiger partial charge in [-0.05, 0) is 30.5 Å². The Hall–Kier alpha value is -1.42. The molecular weight excluding hydrogens is 231 g/mol. The molecule has 0 spiro atoms. The molecule has 1 amide bonds. The first-order chi connectivity index (χ1) is 8.55. The summed E-state index contributed by atoms with van der Waals surface area (Å²) in [6.45, 7) is 4.41. The van der Waals surface area contributed by atoms with Crippen LogP contribution in [0.2, 0.25) is 0 Å². The van der Waals surface area contributed by atoms with E-state index in [1.807, 2.05) is 13.8 Å². The topological polar surface area (TPSA) is 55.1 Å². The number of carbonyl (C=O) groups excluding carboxylic acids is 1. The van der Waals surface area contributed by atoms with Gasteiger partial charge in [0.15, 0.2) is 0 Å². The Kier molecular flexibility index (Phi) is 5.28. The molecule has 0 bridgehead atoms. The zero-order valence-corrected chi connectivity index (χ0v) is 11.0. The fourth-order valence-electron chi connectivity index (χ4n) is 1.94. The lowest BCUT2D eigenvalue weighted by molar-refractivity contribution is -0.122. The molecule has 0 aliphatic carbocycles.